The van der Waals surface area contributed by atoms with Gasteiger partial charge in [0.15, 0.2) is 0 Å². The van der Waals surface area contributed by atoms with Crippen LogP contribution in [0.3, 0.4) is 0 Å². The van der Waals surface area contributed by atoms with Gasteiger partial charge in [-0.2, -0.15) is 0 Å². The van der Waals surface area contributed by atoms with Crippen LogP contribution in [0.5, 0.6) is 5.75 Å². The van der Waals surface area contributed by atoms with Crippen LogP contribution in [0.15, 0.2) is 79.1 Å². The Bertz CT molecular complexity index is 1330. The fourth-order valence-corrected chi connectivity index (χ4v) is 3.44. The second kappa shape index (κ2) is 7.40. The Balaban J connectivity index is 1.28. The normalized spacial score (nSPS) is 11.1. The van der Waals surface area contributed by atoms with Crippen molar-refractivity contribution in [3.63, 3.8) is 0 Å². The van der Waals surface area contributed by atoms with Gasteiger partial charge in [-0.05, 0) is 48.9 Å². The first kappa shape index (κ1) is 18.0. The molecule has 1 amide bonds. The number of pyridine rings is 1. The summed E-state index contributed by atoms with van der Waals surface area (Å²) in [5, 5.41) is 3.93. The van der Waals surface area contributed by atoms with Gasteiger partial charge >= 0.3 is 0 Å². The monoisotopic (exact) mass is 396 g/mol. The van der Waals surface area contributed by atoms with Gasteiger partial charge in [0, 0.05) is 35.1 Å². The maximum absolute atomic E-state index is 12.7. The summed E-state index contributed by atoms with van der Waals surface area (Å²) < 4.78 is 7.83. The van der Waals surface area contributed by atoms with Crippen LogP contribution in [0, 0.1) is 6.92 Å². The zero-order valence-corrected chi connectivity index (χ0v) is 16.4. The van der Waals surface area contributed by atoms with Crippen molar-refractivity contribution in [1.29, 1.82) is 0 Å². The van der Waals surface area contributed by atoms with E-state index in [1.165, 1.54) is 0 Å². The molecule has 2 N–H and O–H groups in total. The van der Waals surface area contributed by atoms with E-state index >= 15 is 0 Å². The third-order valence-corrected chi connectivity index (χ3v) is 4.92. The first-order chi connectivity index (χ1) is 14.6. The molecule has 2 aromatic carbocycles. The average molecular weight is 396 g/mol. The predicted molar refractivity (Wildman–Crippen MR) is 117 cm³/mol. The number of rotatable bonds is 5. The standard InChI is InChI=1S/C24H20N4O2/c1-16-8-9-17-12-22(27-21(17)11-16)24(29)26-18-5-4-6-20(13-18)30-15-19-14-28-10-3-2-7-23(28)25-19/h2-14,27H,15H2,1H3,(H,26,29). The van der Waals surface area contributed by atoms with Crippen LogP contribution < -0.4 is 10.1 Å². The number of carbonyl (C=O) groups is 1. The molecule has 0 radical (unpaired) electrons. The number of carbonyl (C=O) groups excluding carboxylic acids is 1. The number of aromatic amines is 1. The highest BCUT2D eigenvalue weighted by Gasteiger charge is 2.11. The molecule has 0 bridgehead atoms. The molecule has 0 aliphatic carbocycles. The molecular weight excluding hydrogens is 376 g/mol. The van der Waals surface area contributed by atoms with E-state index in [2.05, 4.69) is 15.3 Å². The Morgan fingerprint density at radius 2 is 2.03 bits per heavy atom. The molecule has 5 rings (SSSR count). The lowest BCUT2D eigenvalue weighted by Gasteiger charge is -2.08. The Labute approximate surface area is 173 Å². The lowest BCUT2D eigenvalue weighted by atomic mass is 10.2. The largest absolute Gasteiger partial charge is 0.487 e. The van der Waals surface area contributed by atoms with Crippen molar-refractivity contribution in [3.8, 4) is 5.75 Å². The number of H-pyrrole nitrogens is 1. The third-order valence-electron chi connectivity index (χ3n) is 4.92. The minimum atomic E-state index is -0.193. The summed E-state index contributed by atoms with van der Waals surface area (Å²) >= 11 is 0. The Hall–Kier alpha value is -4.06. The van der Waals surface area contributed by atoms with Crippen LogP contribution in [0.1, 0.15) is 21.7 Å². The molecule has 0 fully saturated rings. The van der Waals surface area contributed by atoms with Gasteiger partial charge in [-0.15, -0.1) is 0 Å². The summed E-state index contributed by atoms with van der Waals surface area (Å²) in [6, 6.07) is 21.1. The molecular formula is C24H20N4O2. The van der Waals surface area contributed by atoms with Crippen molar-refractivity contribution in [2.75, 3.05) is 5.32 Å². The van der Waals surface area contributed by atoms with Crippen molar-refractivity contribution < 1.29 is 9.53 Å². The van der Waals surface area contributed by atoms with E-state index in [0.29, 0.717) is 23.7 Å². The van der Waals surface area contributed by atoms with Crippen LogP contribution >= 0.6 is 0 Å². The molecule has 6 heteroatoms. The number of hydrogen-bond donors (Lipinski definition) is 2. The highest BCUT2D eigenvalue weighted by Crippen LogP contribution is 2.21. The van der Waals surface area contributed by atoms with Crippen molar-refractivity contribution in [1.82, 2.24) is 14.4 Å². The number of benzene rings is 2. The number of amides is 1. The first-order valence-corrected chi connectivity index (χ1v) is 9.70. The summed E-state index contributed by atoms with van der Waals surface area (Å²) in [5.74, 6) is 0.471. The van der Waals surface area contributed by atoms with Gasteiger partial charge in [-0.3, -0.25) is 4.79 Å². The predicted octanol–water partition coefficient (Wildman–Crippen LogP) is 4.96. The van der Waals surface area contributed by atoms with Gasteiger partial charge in [0.1, 0.15) is 23.7 Å². The molecule has 0 saturated carbocycles. The van der Waals surface area contributed by atoms with Gasteiger partial charge < -0.3 is 19.4 Å². The van der Waals surface area contributed by atoms with Crippen LogP contribution in [-0.4, -0.2) is 20.3 Å². The molecule has 5 aromatic rings. The topological polar surface area (TPSA) is 71.4 Å². The molecule has 0 spiro atoms. The lowest BCUT2D eigenvalue weighted by Crippen LogP contribution is -2.12. The molecule has 0 aliphatic heterocycles. The number of fused-ring (bicyclic) bond motifs is 2. The zero-order chi connectivity index (χ0) is 20.5. The van der Waals surface area contributed by atoms with E-state index in [1.54, 1.807) is 6.07 Å². The maximum Gasteiger partial charge on any atom is 0.272 e. The van der Waals surface area contributed by atoms with Gasteiger partial charge in [-0.1, -0.05) is 24.3 Å². The summed E-state index contributed by atoms with van der Waals surface area (Å²) in [7, 11) is 0. The van der Waals surface area contributed by atoms with E-state index in [4.69, 9.17) is 4.74 Å². The number of nitrogens with zero attached hydrogens (tertiary/aromatic N) is 2. The number of hydrogen-bond acceptors (Lipinski definition) is 3. The van der Waals surface area contributed by atoms with Gasteiger partial charge in [0.05, 0.1) is 5.69 Å². The Morgan fingerprint density at radius 1 is 1.10 bits per heavy atom. The summed E-state index contributed by atoms with van der Waals surface area (Å²) in [4.78, 5) is 20.4. The van der Waals surface area contributed by atoms with Crippen LogP contribution in [-0.2, 0) is 6.61 Å². The van der Waals surface area contributed by atoms with Crippen molar-refractivity contribution >= 4 is 28.1 Å². The van der Waals surface area contributed by atoms with Gasteiger partial charge in [-0.25, -0.2) is 4.98 Å². The van der Waals surface area contributed by atoms with Gasteiger partial charge in [0.25, 0.3) is 5.91 Å². The summed E-state index contributed by atoms with van der Waals surface area (Å²) in [5.41, 5.74) is 5.00. The highest BCUT2D eigenvalue weighted by molar-refractivity contribution is 6.06. The number of nitrogens with one attached hydrogen (secondary N) is 2. The van der Waals surface area contributed by atoms with E-state index in [9.17, 15) is 4.79 Å². The quantitative estimate of drug-likeness (QED) is 0.441. The van der Waals surface area contributed by atoms with Crippen molar-refractivity contribution in [2.45, 2.75) is 13.5 Å². The Kier molecular flexibility index (Phi) is 4.44. The number of anilines is 1. The first-order valence-electron chi connectivity index (χ1n) is 9.70. The number of imidazole rings is 1. The van der Waals surface area contributed by atoms with Crippen molar-refractivity contribution in [3.05, 3.63) is 96.1 Å². The fraction of sp³-hybridized carbons (Fsp3) is 0.0833. The highest BCUT2D eigenvalue weighted by atomic mass is 16.5. The summed E-state index contributed by atoms with van der Waals surface area (Å²) in [6.07, 6.45) is 3.89. The van der Waals surface area contributed by atoms with E-state index in [0.717, 1.165) is 27.8 Å². The fourth-order valence-electron chi connectivity index (χ4n) is 3.44. The molecule has 0 unspecified atom stereocenters. The maximum atomic E-state index is 12.7. The molecule has 30 heavy (non-hydrogen) atoms. The van der Waals surface area contributed by atoms with Crippen LogP contribution in [0.4, 0.5) is 5.69 Å². The second-order valence-electron chi connectivity index (χ2n) is 7.24. The minimum absolute atomic E-state index is 0.193. The van der Waals surface area contributed by atoms with Gasteiger partial charge in [0.2, 0.25) is 0 Å². The number of aromatic nitrogens is 3. The smallest absolute Gasteiger partial charge is 0.272 e. The third kappa shape index (κ3) is 3.63. The molecule has 0 atom stereocenters. The average Bonchev–Trinajstić information content (AvgIpc) is 3.36. The lowest BCUT2D eigenvalue weighted by molar-refractivity contribution is 0.102. The molecule has 3 aromatic heterocycles. The van der Waals surface area contributed by atoms with Crippen LogP contribution in [0.2, 0.25) is 0 Å². The SMILES string of the molecule is Cc1ccc2cc(C(=O)Nc3cccc(OCc4cn5ccccc5n4)c3)[nH]c2c1. The molecule has 3 heterocycles. The summed E-state index contributed by atoms with van der Waals surface area (Å²) in [6.45, 7) is 2.37. The molecule has 0 aliphatic rings. The minimum Gasteiger partial charge on any atom is -0.487 e. The second-order valence-corrected chi connectivity index (χ2v) is 7.24. The number of ether oxygens (including phenoxy) is 1. The van der Waals surface area contributed by atoms with E-state index < -0.39 is 0 Å². The zero-order valence-electron chi connectivity index (χ0n) is 16.4. The van der Waals surface area contributed by atoms with E-state index in [-0.39, 0.29) is 5.91 Å². The molecule has 0 saturated heterocycles. The Morgan fingerprint density at radius 3 is 2.93 bits per heavy atom. The van der Waals surface area contributed by atoms with Crippen molar-refractivity contribution in [2.24, 2.45) is 0 Å². The molecule has 148 valence electrons. The molecule has 6 nitrogen and oxygen atoms in total. The van der Waals surface area contributed by atoms with E-state index in [1.807, 2.05) is 84.4 Å². The number of aryl methyl sites for hydroxylation is 1. The van der Waals surface area contributed by atoms with Crippen LogP contribution in [0.25, 0.3) is 16.6 Å².